The highest BCUT2D eigenvalue weighted by molar-refractivity contribution is 5.85. The fourth-order valence-corrected chi connectivity index (χ4v) is 1.00. The summed E-state index contributed by atoms with van der Waals surface area (Å²) in [7, 11) is 0. The third-order valence-electron chi connectivity index (χ3n) is 1.88. The molecule has 0 saturated carbocycles. The van der Waals surface area contributed by atoms with Gasteiger partial charge in [-0.15, -0.1) is 0 Å². The molecule has 15 heavy (non-hydrogen) atoms. The van der Waals surface area contributed by atoms with Gasteiger partial charge in [0.1, 0.15) is 6.61 Å². The molecule has 4 nitrogen and oxygen atoms in total. The number of carboxylic acid groups (broad SMARTS) is 1. The molecule has 80 valence electrons. The summed E-state index contributed by atoms with van der Waals surface area (Å²) in [6, 6.07) is 6.02. The Morgan fingerprint density at radius 3 is 2.33 bits per heavy atom. The highest BCUT2D eigenvalue weighted by Gasteiger charge is 2.00. The van der Waals surface area contributed by atoms with E-state index in [2.05, 4.69) is 0 Å². The number of ether oxygens (including phenoxy) is 1. The van der Waals surface area contributed by atoms with Gasteiger partial charge >= 0.3 is 5.97 Å². The van der Waals surface area contributed by atoms with Crippen molar-refractivity contribution in [3.8, 4) is 0 Å². The molecule has 0 aromatic heterocycles. The van der Waals surface area contributed by atoms with Crippen LogP contribution in [0.1, 0.15) is 29.3 Å². The zero-order valence-corrected chi connectivity index (χ0v) is 8.36. The number of esters is 1. The van der Waals surface area contributed by atoms with Crippen LogP contribution in [0.15, 0.2) is 24.3 Å². The fraction of sp³-hybridized carbons (Fsp3) is 0.273. The van der Waals surface area contributed by atoms with Crippen LogP contribution in [0.2, 0.25) is 0 Å². The summed E-state index contributed by atoms with van der Waals surface area (Å²) in [4.78, 5) is 21.3. The standard InChI is InChI=1S/C11H12O4/c1-2-10(12)15-7-8-3-5-9(6-4-8)11(13)14/h3-6H,2,7H2,1H3,(H,13,14)/p-1. The number of hydrogen-bond acceptors (Lipinski definition) is 4. The van der Waals surface area contributed by atoms with Gasteiger partial charge in [-0.05, 0) is 11.1 Å². The summed E-state index contributed by atoms with van der Waals surface area (Å²) in [6.07, 6.45) is 0.330. The predicted molar refractivity (Wildman–Crippen MR) is 50.9 cm³/mol. The van der Waals surface area contributed by atoms with Gasteiger partial charge in [0.15, 0.2) is 0 Å². The predicted octanol–water partition coefficient (Wildman–Crippen LogP) is 0.503. The second-order valence-corrected chi connectivity index (χ2v) is 3.00. The van der Waals surface area contributed by atoms with Gasteiger partial charge in [0.25, 0.3) is 0 Å². The number of carbonyl (C=O) groups excluding carboxylic acids is 2. The lowest BCUT2D eigenvalue weighted by atomic mass is 10.1. The molecule has 1 rings (SSSR count). The van der Waals surface area contributed by atoms with Gasteiger partial charge in [-0.25, -0.2) is 0 Å². The lowest BCUT2D eigenvalue weighted by Crippen LogP contribution is -2.22. The average Bonchev–Trinajstić information content (AvgIpc) is 2.26. The number of aromatic carboxylic acids is 1. The van der Waals surface area contributed by atoms with Crippen molar-refractivity contribution in [1.82, 2.24) is 0 Å². The Morgan fingerprint density at radius 2 is 1.87 bits per heavy atom. The van der Waals surface area contributed by atoms with Crippen molar-refractivity contribution < 1.29 is 19.4 Å². The third kappa shape index (κ3) is 3.42. The molecule has 0 aliphatic rings. The number of rotatable bonds is 4. The van der Waals surface area contributed by atoms with Crippen LogP contribution in [0, 0.1) is 0 Å². The van der Waals surface area contributed by atoms with E-state index >= 15 is 0 Å². The van der Waals surface area contributed by atoms with Crippen molar-refractivity contribution in [2.45, 2.75) is 20.0 Å². The van der Waals surface area contributed by atoms with E-state index in [1.807, 2.05) is 0 Å². The number of hydrogen-bond donors (Lipinski definition) is 0. The molecule has 4 heteroatoms. The summed E-state index contributed by atoms with van der Waals surface area (Å²) < 4.78 is 4.88. The van der Waals surface area contributed by atoms with Crippen molar-refractivity contribution in [3.05, 3.63) is 35.4 Å². The molecule has 0 saturated heterocycles. The van der Waals surface area contributed by atoms with Gasteiger partial charge in [0.2, 0.25) is 0 Å². The maximum atomic E-state index is 10.8. The summed E-state index contributed by atoms with van der Waals surface area (Å²) >= 11 is 0. The number of carbonyl (C=O) groups is 2. The smallest absolute Gasteiger partial charge is 0.305 e. The lowest BCUT2D eigenvalue weighted by Gasteiger charge is -2.05. The van der Waals surface area contributed by atoms with Gasteiger partial charge in [-0.3, -0.25) is 4.79 Å². The molecule has 0 bridgehead atoms. The molecule has 0 radical (unpaired) electrons. The Hall–Kier alpha value is -1.84. The highest BCUT2D eigenvalue weighted by Crippen LogP contribution is 2.05. The van der Waals surface area contributed by atoms with E-state index in [-0.39, 0.29) is 18.1 Å². The van der Waals surface area contributed by atoms with E-state index in [0.29, 0.717) is 6.42 Å². The lowest BCUT2D eigenvalue weighted by molar-refractivity contribution is -0.255. The first kappa shape index (κ1) is 11.2. The minimum atomic E-state index is -1.22. The SMILES string of the molecule is CCC(=O)OCc1ccc(C(=O)[O-])cc1. The molecule has 0 fully saturated rings. The Labute approximate surface area is 87.5 Å². The van der Waals surface area contributed by atoms with Crippen LogP contribution in [0.3, 0.4) is 0 Å². The van der Waals surface area contributed by atoms with Crippen molar-refractivity contribution in [2.75, 3.05) is 0 Å². The van der Waals surface area contributed by atoms with Gasteiger partial charge in [0.05, 0.1) is 5.97 Å². The molecule has 0 aliphatic heterocycles. The van der Waals surface area contributed by atoms with E-state index in [9.17, 15) is 14.7 Å². The minimum absolute atomic E-state index is 0.112. The molecular weight excluding hydrogens is 196 g/mol. The second kappa shape index (κ2) is 5.14. The normalized spacial score (nSPS) is 9.67. The van der Waals surface area contributed by atoms with Crippen LogP contribution in [-0.2, 0) is 16.1 Å². The van der Waals surface area contributed by atoms with Crippen LogP contribution < -0.4 is 5.11 Å². The maximum Gasteiger partial charge on any atom is 0.305 e. The first-order chi connectivity index (χ1) is 7.13. The number of carboxylic acids is 1. The van der Waals surface area contributed by atoms with Crippen LogP contribution in [0.25, 0.3) is 0 Å². The molecular formula is C11H11O4-. The quantitative estimate of drug-likeness (QED) is 0.674. The van der Waals surface area contributed by atoms with Crippen LogP contribution in [-0.4, -0.2) is 11.9 Å². The topological polar surface area (TPSA) is 66.4 Å². The third-order valence-corrected chi connectivity index (χ3v) is 1.88. The molecule has 0 amide bonds. The molecule has 0 heterocycles. The van der Waals surface area contributed by atoms with E-state index < -0.39 is 5.97 Å². The second-order valence-electron chi connectivity index (χ2n) is 3.00. The number of benzene rings is 1. The first-order valence-electron chi connectivity index (χ1n) is 4.59. The summed E-state index contributed by atoms with van der Waals surface area (Å²) in [5.74, 6) is -1.49. The van der Waals surface area contributed by atoms with E-state index in [0.717, 1.165) is 5.56 Å². The van der Waals surface area contributed by atoms with Gasteiger partial charge < -0.3 is 14.6 Å². The van der Waals surface area contributed by atoms with E-state index in [4.69, 9.17) is 4.74 Å². The summed E-state index contributed by atoms with van der Waals surface area (Å²) in [5.41, 5.74) is 0.863. The molecule has 0 spiro atoms. The Balaban J connectivity index is 2.57. The van der Waals surface area contributed by atoms with E-state index in [1.165, 1.54) is 12.1 Å². The molecule has 1 aromatic rings. The van der Waals surface area contributed by atoms with Crippen LogP contribution in [0.5, 0.6) is 0 Å². The summed E-state index contributed by atoms with van der Waals surface area (Å²) in [6.45, 7) is 1.88. The Kier molecular flexibility index (Phi) is 3.85. The molecule has 0 aliphatic carbocycles. The van der Waals surface area contributed by atoms with E-state index in [1.54, 1.807) is 19.1 Å². The van der Waals surface area contributed by atoms with Crippen molar-refractivity contribution in [2.24, 2.45) is 0 Å². The largest absolute Gasteiger partial charge is 0.545 e. The van der Waals surface area contributed by atoms with Gasteiger partial charge in [0, 0.05) is 6.42 Å². The molecule has 1 aromatic carbocycles. The van der Waals surface area contributed by atoms with Crippen LogP contribution in [0.4, 0.5) is 0 Å². The monoisotopic (exact) mass is 207 g/mol. The van der Waals surface area contributed by atoms with Crippen LogP contribution >= 0.6 is 0 Å². The molecule has 0 unspecified atom stereocenters. The fourth-order valence-electron chi connectivity index (χ4n) is 1.00. The zero-order valence-electron chi connectivity index (χ0n) is 8.36. The zero-order chi connectivity index (χ0) is 11.3. The van der Waals surface area contributed by atoms with Crippen molar-refractivity contribution >= 4 is 11.9 Å². The van der Waals surface area contributed by atoms with Crippen molar-refractivity contribution in [1.29, 1.82) is 0 Å². The first-order valence-corrected chi connectivity index (χ1v) is 4.59. The maximum absolute atomic E-state index is 10.8. The summed E-state index contributed by atoms with van der Waals surface area (Å²) in [5, 5.41) is 10.4. The average molecular weight is 207 g/mol. The van der Waals surface area contributed by atoms with Crippen molar-refractivity contribution in [3.63, 3.8) is 0 Å². The molecule has 0 atom stereocenters. The highest BCUT2D eigenvalue weighted by atomic mass is 16.5. The van der Waals surface area contributed by atoms with Gasteiger partial charge in [-0.2, -0.15) is 0 Å². The molecule has 0 N–H and O–H groups in total. The minimum Gasteiger partial charge on any atom is -0.545 e. The Morgan fingerprint density at radius 1 is 1.27 bits per heavy atom. The Bertz CT molecular complexity index is 353. The van der Waals surface area contributed by atoms with Gasteiger partial charge in [-0.1, -0.05) is 31.2 Å².